The van der Waals surface area contributed by atoms with Crippen LogP contribution >= 0.6 is 0 Å². The molecule has 2 aromatic heterocycles. The van der Waals surface area contributed by atoms with Crippen molar-refractivity contribution in [2.45, 2.75) is 37.9 Å². The van der Waals surface area contributed by atoms with Gasteiger partial charge in [-0.1, -0.05) is 13.8 Å². The third kappa shape index (κ3) is 5.41. The van der Waals surface area contributed by atoms with Crippen LogP contribution in [-0.2, 0) is 20.8 Å². The zero-order valence-corrected chi connectivity index (χ0v) is 19.0. The fourth-order valence-electron chi connectivity index (χ4n) is 3.10. The minimum atomic E-state index is -4.91. The maximum absolute atomic E-state index is 13.5. The number of sulfone groups is 1. The molecule has 0 amide bonds. The number of nitrogens with zero attached hydrogens (tertiary/aromatic N) is 3. The number of halogens is 3. The Kier molecular flexibility index (Phi) is 6.63. The number of carbonyl (C=O) groups excluding carboxylic acids is 1. The van der Waals surface area contributed by atoms with E-state index < -0.39 is 39.3 Å². The maximum Gasteiger partial charge on any atom is 0.434 e. The summed E-state index contributed by atoms with van der Waals surface area (Å²) < 4.78 is 68.9. The van der Waals surface area contributed by atoms with E-state index in [4.69, 9.17) is 0 Å². The van der Waals surface area contributed by atoms with Crippen LogP contribution in [0.2, 0.25) is 0 Å². The molecule has 178 valence electrons. The largest absolute Gasteiger partial charge is 0.462 e. The van der Waals surface area contributed by atoms with Crippen molar-refractivity contribution < 1.29 is 31.1 Å². The van der Waals surface area contributed by atoms with Gasteiger partial charge in [0.05, 0.1) is 28.6 Å². The van der Waals surface area contributed by atoms with Crippen LogP contribution < -0.4 is 5.32 Å². The second-order valence-corrected chi connectivity index (χ2v) is 9.63. The van der Waals surface area contributed by atoms with E-state index in [1.54, 1.807) is 0 Å². The summed E-state index contributed by atoms with van der Waals surface area (Å²) in [5.41, 5.74) is -1.26. The molecule has 0 aliphatic rings. The van der Waals surface area contributed by atoms with Gasteiger partial charge < -0.3 is 15.0 Å². The topological polar surface area (TPSA) is 127 Å². The van der Waals surface area contributed by atoms with Gasteiger partial charge in [-0.05, 0) is 31.0 Å². The Labute approximate surface area is 187 Å². The SMILES string of the molecule is CCOC(=O)c1cnc(NC(c2nc3ccc(S(C)(=O)=O)cc3[nH]2)C(C)C)nc1C(F)(F)F. The number of hydrogen-bond donors (Lipinski definition) is 2. The Hall–Kier alpha value is -3.22. The number of aromatic nitrogens is 4. The van der Waals surface area contributed by atoms with E-state index in [1.165, 1.54) is 25.1 Å². The first-order valence-electron chi connectivity index (χ1n) is 9.89. The Morgan fingerprint density at radius 2 is 1.94 bits per heavy atom. The molecular formula is C20H22F3N5O4S. The normalized spacial score (nSPS) is 13.3. The number of rotatable bonds is 7. The van der Waals surface area contributed by atoms with Gasteiger partial charge in [0.2, 0.25) is 5.95 Å². The summed E-state index contributed by atoms with van der Waals surface area (Å²) >= 11 is 0. The Morgan fingerprint density at radius 3 is 2.52 bits per heavy atom. The molecule has 0 radical (unpaired) electrons. The molecular weight excluding hydrogens is 463 g/mol. The molecule has 0 fully saturated rings. The van der Waals surface area contributed by atoms with E-state index in [-0.39, 0.29) is 23.4 Å². The molecule has 2 heterocycles. The number of alkyl halides is 3. The average Bonchev–Trinajstić information content (AvgIpc) is 3.13. The Morgan fingerprint density at radius 1 is 1.24 bits per heavy atom. The van der Waals surface area contributed by atoms with Crippen molar-refractivity contribution in [2.75, 3.05) is 18.2 Å². The molecule has 0 saturated carbocycles. The number of esters is 1. The third-order valence-corrected chi connectivity index (χ3v) is 5.81. The molecule has 0 aliphatic carbocycles. The molecule has 1 aromatic carbocycles. The van der Waals surface area contributed by atoms with Crippen LogP contribution in [0.5, 0.6) is 0 Å². The van der Waals surface area contributed by atoms with E-state index in [1.807, 2.05) is 13.8 Å². The lowest BCUT2D eigenvalue weighted by Gasteiger charge is -2.21. The minimum Gasteiger partial charge on any atom is -0.462 e. The quantitative estimate of drug-likeness (QED) is 0.485. The van der Waals surface area contributed by atoms with Gasteiger partial charge >= 0.3 is 12.1 Å². The lowest BCUT2D eigenvalue weighted by atomic mass is 10.0. The molecule has 1 atom stereocenters. The van der Waals surface area contributed by atoms with Crippen LogP contribution in [0.4, 0.5) is 19.1 Å². The Bertz CT molecular complexity index is 1290. The molecule has 0 spiro atoms. The van der Waals surface area contributed by atoms with Crippen LogP contribution in [0.1, 0.15) is 48.7 Å². The van der Waals surface area contributed by atoms with Crippen LogP contribution in [-0.4, -0.2) is 47.2 Å². The number of fused-ring (bicyclic) bond motifs is 1. The Balaban J connectivity index is 2.00. The number of aromatic amines is 1. The second kappa shape index (κ2) is 8.96. The van der Waals surface area contributed by atoms with E-state index >= 15 is 0 Å². The summed E-state index contributed by atoms with van der Waals surface area (Å²) in [6, 6.07) is 3.75. The predicted molar refractivity (Wildman–Crippen MR) is 113 cm³/mol. The molecule has 3 aromatic rings. The minimum absolute atomic E-state index is 0.0986. The zero-order valence-electron chi connectivity index (χ0n) is 18.2. The van der Waals surface area contributed by atoms with Crippen LogP contribution in [0, 0.1) is 5.92 Å². The highest BCUT2D eigenvalue weighted by atomic mass is 32.2. The number of H-pyrrole nitrogens is 1. The molecule has 9 nitrogen and oxygen atoms in total. The third-order valence-electron chi connectivity index (χ3n) is 4.70. The predicted octanol–water partition coefficient (Wildman–Crippen LogP) is 3.76. The highest BCUT2D eigenvalue weighted by Crippen LogP contribution is 2.32. The van der Waals surface area contributed by atoms with Gasteiger partial charge in [-0.3, -0.25) is 0 Å². The zero-order chi connectivity index (χ0) is 24.6. The van der Waals surface area contributed by atoms with Crippen molar-refractivity contribution >= 4 is 32.8 Å². The van der Waals surface area contributed by atoms with E-state index in [9.17, 15) is 26.4 Å². The number of imidazole rings is 1. The van der Waals surface area contributed by atoms with Crippen LogP contribution in [0.25, 0.3) is 11.0 Å². The lowest BCUT2D eigenvalue weighted by Crippen LogP contribution is -2.23. The van der Waals surface area contributed by atoms with Crippen molar-refractivity contribution in [1.82, 2.24) is 19.9 Å². The fraction of sp³-hybridized carbons (Fsp3) is 0.400. The molecule has 0 aliphatic heterocycles. The molecule has 0 bridgehead atoms. The summed E-state index contributed by atoms with van der Waals surface area (Å²) in [7, 11) is -3.43. The van der Waals surface area contributed by atoms with Crippen LogP contribution in [0.15, 0.2) is 29.3 Å². The van der Waals surface area contributed by atoms with Gasteiger partial charge in [0, 0.05) is 12.5 Å². The summed E-state index contributed by atoms with van der Waals surface area (Å²) in [5, 5.41) is 2.82. The highest BCUT2D eigenvalue weighted by molar-refractivity contribution is 7.90. The van der Waals surface area contributed by atoms with Crippen molar-refractivity contribution in [3.05, 3.63) is 41.5 Å². The van der Waals surface area contributed by atoms with Gasteiger partial charge in [0.15, 0.2) is 15.5 Å². The van der Waals surface area contributed by atoms with Crippen molar-refractivity contribution in [3.8, 4) is 0 Å². The number of ether oxygens (including phenoxy) is 1. The smallest absolute Gasteiger partial charge is 0.434 e. The summed E-state index contributed by atoms with van der Waals surface area (Å²) in [6.45, 7) is 4.99. The molecule has 2 N–H and O–H groups in total. The first-order valence-corrected chi connectivity index (χ1v) is 11.8. The van der Waals surface area contributed by atoms with Gasteiger partial charge in [0.1, 0.15) is 11.4 Å². The van der Waals surface area contributed by atoms with E-state index in [0.717, 1.165) is 12.5 Å². The summed E-state index contributed by atoms with van der Waals surface area (Å²) in [4.78, 5) is 26.8. The summed E-state index contributed by atoms with van der Waals surface area (Å²) in [6.07, 6.45) is -3.06. The van der Waals surface area contributed by atoms with Gasteiger partial charge in [-0.15, -0.1) is 0 Å². The maximum atomic E-state index is 13.5. The first-order chi connectivity index (χ1) is 15.3. The monoisotopic (exact) mass is 485 g/mol. The molecule has 3 rings (SSSR count). The van der Waals surface area contributed by atoms with Crippen LogP contribution in [0.3, 0.4) is 0 Å². The summed E-state index contributed by atoms with van der Waals surface area (Å²) in [5.74, 6) is -1.35. The number of hydrogen-bond acceptors (Lipinski definition) is 8. The molecule has 0 saturated heterocycles. The standard InChI is InChI=1S/C20H22F3N5O4S/c1-5-32-18(29)12-9-24-19(28-16(12)20(21,22)23)27-15(10(2)3)17-25-13-7-6-11(33(4,30)31)8-14(13)26-17/h6-10,15H,5H2,1-4H3,(H,25,26)(H,24,27,28). The van der Waals surface area contributed by atoms with Gasteiger partial charge in [-0.25, -0.2) is 28.2 Å². The second-order valence-electron chi connectivity index (χ2n) is 7.61. The van der Waals surface area contributed by atoms with Crippen molar-refractivity contribution in [2.24, 2.45) is 5.92 Å². The number of benzene rings is 1. The molecule has 1 unspecified atom stereocenters. The first kappa shape index (κ1) is 24.4. The van der Waals surface area contributed by atoms with E-state index in [2.05, 4.69) is 30.0 Å². The number of carbonyl (C=O) groups is 1. The lowest BCUT2D eigenvalue weighted by molar-refractivity contribution is -0.141. The fourth-order valence-corrected chi connectivity index (χ4v) is 3.75. The highest BCUT2D eigenvalue weighted by Gasteiger charge is 2.39. The van der Waals surface area contributed by atoms with Gasteiger partial charge in [0.25, 0.3) is 0 Å². The average molecular weight is 485 g/mol. The number of anilines is 1. The van der Waals surface area contributed by atoms with Crippen molar-refractivity contribution in [3.63, 3.8) is 0 Å². The molecule has 13 heteroatoms. The van der Waals surface area contributed by atoms with E-state index in [0.29, 0.717) is 16.9 Å². The molecule has 33 heavy (non-hydrogen) atoms. The number of nitrogens with one attached hydrogen (secondary N) is 2. The van der Waals surface area contributed by atoms with Gasteiger partial charge in [-0.2, -0.15) is 13.2 Å². The van der Waals surface area contributed by atoms with Crippen molar-refractivity contribution in [1.29, 1.82) is 0 Å².